The van der Waals surface area contributed by atoms with Gasteiger partial charge in [0.15, 0.2) is 9.84 Å². The van der Waals surface area contributed by atoms with E-state index in [4.69, 9.17) is 4.98 Å². The number of para-hydroxylation sites is 1. The van der Waals surface area contributed by atoms with Crippen molar-refractivity contribution >= 4 is 37.3 Å². The number of hydrogen-bond donors (Lipinski definition) is 0. The van der Waals surface area contributed by atoms with E-state index in [9.17, 15) is 13.2 Å². The van der Waals surface area contributed by atoms with E-state index in [1.54, 1.807) is 11.3 Å². The van der Waals surface area contributed by atoms with Crippen molar-refractivity contribution in [2.75, 3.05) is 44.2 Å². The van der Waals surface area contributed by atoms with Gasteiger partial charge in [-0.1, -0.05) is 31.4 Å². The van der Waals surface area contributed by atoms with Gasteiger partial charge in [0.25, 0.3) is 0 Å². The zero-order chi connectivity index (χ0) is 22.8. The molecule has 1 amide bonds. The Labute approximate surface area is 200 Å². The third kappa shape index (κ3) is 5.58. The molecule has 5 rings (SSSR count). The number of nitrogens with zero attached hydrogens (tertiary/aromatic N) is 4. The van der Waals surface area contributed by atoms with Crippen LogP contribution in [0.1, 0.15) is 43.5 Å². The molecule has 2 aromatic rings. The van der Waals surface area contributed by atoms with Crippen LogP contribution in [0.15, 0.2) is 24.3 Å². The van der Waals surface area contributed by atoms with Crippen molar-refractivity contribution in [2.45, 2.75) is 57.2 Å². The predicted octanol–water partition coefficient (Wildman–Crippen LogP) is 2.76. The smallest absolute Gasteiger partial charge is 0.237 e. The van der Waals surface area contributed by atoms with Crippen molar-refractivity contribution in [1.82, 2.24) is 19.7 Å². The minimum atomic E-state index is -3.01. The highest BCUT2D eigenvalue weighted by Gasteiger charge is 2.39. The number of benzene rings is 1. The first-order valence-corrected chi connectivity index (χ1v) is 14.9. The first kappa shape index (κ1) is 23.2. The highest BCUT2D eigenvalue weighted by molar-refractivity contribution is 7.91. The molecule has 2 aliphatic heterocycles. The van der Waals surface area contributed by atoms with E-state index in [2.05, 4.69) is 28.0 Å². The Morgan fingerprint density at radius 2 is 1.73 bits per heavy atom. The summed E-state index contributed by atoms with van der Waals surface area (Å²) in [5.41, 5.74) is 1.07. The zero-order valence-corrected chi connectivity index (χ0v) is 20.8. The second-order valence-electron chi connectivity index (χ2n) is 9.78. The molecule has 1 aromatic carbocycles. The lowest BCUT2D eigenvalue weighted by atomic mass is 9.92. The lowest BCUT2D eigenvalue weighted by Gasteiger charge is -2.40. The molecule has 0 bridgehead atoms. The van der Waals surface area contributed by atoms with Gasteiger partial charge < -0.3 is 4.90 Å². The molecule has 1 atom stereocenters. The highest BCUT2D eigenvalue weighted by Crippen LogP contribution is 2.29. The van der Waals surface area contributed by atoms with Crippen molar-refractivity contribution in [2.24, 2.45) is 0 Å². The van der Waals surface area contributed by atoms with E-state index in [1.165, 1.54) is 11.1 Å². The van der Waals surface area contributed by atoms with Crippen molar-refractivity contribution in [3.8, 4) is 0 Å². The molecule has 0 N–H and O–H groups in total. The fourth-order valence-electron chi connectivity index (χ4n) is 5.62. The summed E-state index contributed by atoms with van der Waals surface area (Å²) in [4.78, 5) is 24.9. The Kier molecular flexibility index (Phi) is 7.02. The van der Waals surface area contributed by atoms with E-state index in [1.807, 2.05) is 11.0 Å². The van der Waals surface area contributed by atoms with Gasteiger partial charge in [0.05, 0.1) is 34.8 Å². The van der Waals surface area contributed by atoms with Gasteiger partial charge in [0.2, 0.25) is 5.91 Å². The number of thiazole rings is 1. The topological polar surface area (TPSA) is 73.8 Å². The summed E-state index contributed by atoms with van der Waals surface area (Å²) < 4.78 is 25.5. The summed E-state index contributed by atoms with van der Waals surface area (Å²) in [6, 6.07) is 8.34. The Hall–Kier alpha value is -1.55. The SMILES string of the molecule is O=C(CN1CCN(Cc2nc3ccccc3s2)CC1)N(C1CCCCC1)C1CCS(=O)(=O)C1. The number of hydrogen-bond acceptors (Lipinski definition) is 7. The summed E-state index contributed by atoms with van der Waals surface area (Å²) in [6.45, 7) is 4.82. The molecule has 7 nitrogen and oxygen atoms in total. The summed E-state index contributed by atoms with van der Waals surface area (Å²) in [7, 11) is -3.01. The molecule has 9 heteroatoms. The quantitative estimate of drug-likeness (QED) is 0.620. The lowest BCUT2D eigenvalue weighted by molar-refractivity contribution is -0.138. The van der Waals surface area contributed by atoms with Gasteiger partial charge in [0.1, 0.15) is 5.01 Å². The number of fused-ring (bicyclic) bond motifs is 1. The second-order valence-corrected chi connectivity index (χ2v) is 13.1. The van der Waals surface area contributed by atoms with Gasteiger partial charge in [0, 0.05) is 38.3 Å². The molecule has 0 spiro atoms. The van der Waals surface area contributed by atoms with Gasteiger partial charge in [-0.05, 0) is 31.4 Å². The summed E-state index contributed by atoms with van der Waals surface area (Å²) in [5, 5.41) is 1.15. The Balaban J connectivity index is 1.17. The maximum absolute atomic E-state index is 13.4. The lowest BCUT2D eigenvalue weighted by Crippen LogP contribution is -2.54. The normalized spacial score (nSPS) is 24.9. The average molecular weight is 491 g/mol. The molecule has 3 aliphatic rings. The van der Waals surface area contributed by atoms with Gasteiger partial charge in [-0.2, -0.15) is 0 Å². The summed E-state index contributed by atoms with van der Waals surface area (Å²) in [6.07, 6.45) is 6.12. The highest BCUT2D eigenvalue weighted by atomic mass is 32.2. The average Bonchev–Trinajstić information content (AvgIpc) is 3.38. The van der Waals surface area contributed by atoms with Crippen molar-refractivity contribution in [1.29, 1.82) is 0 Å². The maximum atomic E-state index is 13.4. The Morgan fingerprint density at radius 1 is 1.00 bits per heavy atom. The van der Waals surface area contributed by atoms with Crippen LogP contribution in [0.2, 0.25) is 0 Å². The minimum absolute atomic E-state index is 0.128. The molecule has 1 saturated carbocycles. The van der Waals surface area contributed by atoms with Gasteiger partial charge >= 0.3 is 0 Å². The molecular formula is C24H34N4O3S2. The molecular weight excluding hydrogens is 456 g/mol. The van der Waals surface area contributed by atoms with Crippen LogP contribution in [0.5, 0.6) is 0 Å². The van der Waals surface area contributed by atoms with Crippen LogP contribution >= 0.6 is 11.3 Å². The van der Waals surface area contributed by atoms with Crippen molar-refractivity contribution in [3.05, 3.63) is 29.3 Å². The van der Waals surface area contributed by atoms with Crippen molar-refractivity contribution < 1.29 is 13.2 Å². The second kappa shape index (κ2) is 9.98. The number of piperazine rings is 1. The van der Waals surface area contributed by atoms with Crippen molar-refractivity contribution in [3.63, 3.8) is 0 Å². The first-order chi connectivity index (χ1) is 16.0. The molecule has 3 heterocycles. The van der Waals surface area contributed by atoms with Crippen LogP contribution in [-0.4, -0.2) is 90.3 Å². The molecule has 1 unspecified atom stereocenters. The van der Waals surface area contributed by atoms with E-state index in [-0.39, 0.29) is 29.5 Å². The fourth-order valence-corrected chi connectivity index (χ4v) is 8.34. The molecule has 2 saturated heterocycles. The van der Waals surface area contributed by atoms with E-state index in [0.717, 1.165) is 68.9 Å². The van der Waals surface area contributed by atoms with Crippen LogP contribution in [0.3, 0.4) is 0 Å². The van der Waals surface area contributed by atoms with Crippen LogP contribution in [0.4, 0.5) is 0 Å². The summed E-state index contributed by atoms with van der Waals surface area (Å²) in [5.74, 6) is 0.493. The molecule has 1 aromatic heterocycles. The largest absolute Gasteiger partial charge is 0.335 e. The van der Waals surface area contributed by atoms with E-state index >= 15 is 0 Å². The zero-order valence-electron chi connectivity index (χ0n) is 19.2. The van der Waals surface area contributed by atoms with Crippen LogP contribution in [0.25, 0.3) is 10.2 Å². The third-order valence-corrected chi connectivity index (χ3v) is 10.2. The van der Waals surface area contributed by atoms with E-state index < -0.39 is 9.84 Å². The summed E-state index contributed by atoms with van der Waals surface area (Å²) >= 11 is 1.76. The third-order valence-electron chi connectivity index (χ3n) is 7.38. The number of carbonyl (C=O) groups is 1. The first-order valence-electron chi connectivity index (χ1n) is 12.3. The minimum Gasteiger partial charge on any atom is -0.335 e. The number of carbonyl (C=O) groups excluding carboxylic acids is 1. The van der Waals surface area contributed by atoms with Gasteiger partial charge in [-0.3, -0.25) is 14.6 Å². The molecule has 1 aliphatic carbocycles. The maximum Gasteiger partial charge on any atom is 0.237 e. The monoisotopic (exact) mass is 490 g/mol. The predicted molar refractivity (Wildman–Crippen MR) is 132 cm³/mol. The molecule has 0 radical (unpaired) electrons. The number of rotatable bonds is 6. The number of amides is 1. The number of aromatic nitrogens is 1. The van der Waals surface area contributed by atoms with Crippen LogP contribution in [0, 0.1) is 0 Å². The van der Waals surface area contributed by atoms with Crippen LogP contribution < -0.4 is 0 Å². The van der Waals surface area contributed by atoms with Gasteiger partial charge in [-0.25, -0.2) is 13.4 Å². The Bertz CT molecular complexity index is 1040. The van der Waals surface area contributed by atoms with Gasteiger partial charge in [-0.15, -0.1) is 11.3 Å². The standard InChI is InChI=1S/C24H34N4O3S2/c29-24(28(19-6-2-1-3-7-19)20-10-15-33(30,31)18-20)17-27-13-11-26(12-14-27)16-23-25-21-8-4-5-9-22(21)32-23/h4-5,8-9,19-20H,1-3,6-7,10-18H2. The molecule has 33 heavy (non-hydrogen) atoms. The fraction of sp³-hybridized carbons (Fsp3) is 0.667. The number of sulfone groups is 1. The van der Waals surface area contributed by atoms with Crippen LogP contribution in [-0.2, 0) is 21.2 Å². The van der Waals surface area contributed by atoms with E-state index in [0.29, 0.717) is 13.0 Å². The Morgan fingerprint density at radius 3 is 2.42 bits per heavy atom. The molecule has 3 fully saturated rings. The molecule has 180 valence electrons.